The van der Waals surface area contributed by atoms with Gasteiger partial charge in [0.25, 0.3) is 0 Å². The third kappa shape index (κ3) is 3.15. The zero-order chi connectivity index (χ0) is 14.9. The van der Waals surface area contributed by atoms with E-state index >= 15 is 0 Å². The molecule has 20 heavy (non-hydrogen) atoms. The predicted molar refractivity (Wildman–Crippen MR) is 76.4 cm³/mol. The van der Waals surface area contributed by atoms with Crippen molar-refractivity contribution < 1.29 is 12.9 Å². The summed E-state index contributed by atoms with van der Waals surface area (Å²) in [4.78, 5) is -0.0330. The summed E-state index contributed by atoms with van der Waals surface area (Å²) in [6.07, 6.45) is 0. The molecule has 2 aromatic rings. The van der Waals surface area contributed by atoms with Gasteiger partial charge in [0.05, 0.1) is 17.3 Å². The Balaban J connectivity index is 2.32. The van der Waals surface area contributed by atoms with Crippen LogP contribution in [0.4, 0.5) is 0 Å². The van der Waals surface area contributed by atoms with E-state index in [1.807, 2.05) is 0 Å². The zero-order valence-electron chi connectivity index (χ0n) is 10.8. The van der Waals surface area contributed by atoms with Crippen LogP contribution >= 0.6 is 23.2 Å². The number of nitrogens with zero attached hydrogens (tertiary/aromatic N) is 2. The molecule has 0 aliphatic carbocycles. The zero-order valence-corrected chi connectivity index (χ0v) is 13.1. The third-order valence-corrected chi connectivity index (χ3v) is 5.16. The molecule has 0 fully saturated rings. The van der Waals surface area contributed by atoms with Crippen molar-refractivity contribution in [3.05, 3.63) is 45.8 Å². The highest BCUT2D eigenvalue weighted by molar-refractivity contribution is 7.89. The largest absolute Gasteiger partial charge is 0.361 e. The second-order valence-electron chi connectivity index (χ2n) is 4.26. The van der Waals surface area contributed by atoms with Crippen molar-refractivity contribution in [3.8, 4) is 0 Å². The SMILES string of the molecule is Cc1cc(CN(C)S(=O)(=O)c2cc(Cl)ccc2Cl)no1. The molecule has 0 N–H and O–H groups in total. The van der Waals surface area contributed by atoms with Crippen LogP contribution in [-0.4, -0.2) is 24.9 Å². The number of sulfonamides is 1. The summed E-state index contributed by atoms with van der Waals surface area (Å²) in [5.41, 5.74) is 0.520. The number of aromatic nitrogens is 1. The van der Waals surface area contributed by atoms with Gasteiger partial charge in [0.1, 0.15) is 10.7 Å². The van der Waals surface area contributed by atoms with Crippen LogP contribution in [0.5, 0.6) is 0 Å². The van der Waals surface area contributed by atoms with Gasteiger partial charge in [-0.3, -0.25) is 0 Å². The maximum atomic E-state index is 12.4. The van der Waals surface area contributed by atoms with Crippen molar-refractivity contribution >= 4 is 33.2 Å². The highest BCUT2D eigenvalue weighted by atomic mass is 35.5. The number of benzene rings is 1. The topological polar surface area (TPSA) is 63.4 Å². The Morgan fingerprint density at radius 1 is 1.30 bits per heavy atom. The molecule has 2 rings (SSSR count). The van der Waals surface area contributed by atoms with Crippen LogP contribution in [0.3, 0.4) is 0 Å². The second kappa shape index (κ2) is 5.73. The Labute approximate surface area is 127 Å². The maximum Gasteiger partial charge on any atom is 0.244 e. The molecule has 0 radical (unpaired) electrons. The summed E-state index contributed by atoms with van der Waals surface area (Å²) >= 11 is 11.8. The molecule has 0 spiro atoms. The van der Waals surface area contributed by atoms with Gasteiger partial charge in [-0.2, -0.15) is 4.31 Å². The fourth-order valence-corrected chi connectivity index (χ4v) is 3.52. The number of halogens is 2. The summed E-state index contributed by atoms with van der Waals surface area (Å²) in [5.74, 6) is 0.617. The maximum absolute atomic E-state index is 12.4. The summed E-state index contributed by atoms with van der Waals surface area (Å²) in [6, 6.07) is 5.98. The summed E-state index contributed by atoms with van der Waals surface area (Å²) in [6.45, 7) is 1.82. The van der Waals surface area contributed by atoms with Crippen molar-refractivity contribution in [1.29, 1.82) is 0 Å². The van der Waals surface area contributed by atoms with Crippen LogP contribution in [0.15, 0.2) is 33.7 Å². The van der Waals surface area contributed by atoms with Gasteiger partial charge < -0.3 is 4.52 Å². The Hall–Kier alpha value is -1.08. The molecule has 1 heterocycles. The number of aryl methyl sites for hydroxylation is 1. The van der Waals surface area contributed by atoms with E-state index in [-0.39, 0.29) is 16.5 Å². The molecule has 8 heteroatoms. The van der Waals surface area contributed by atoms with Gasteiger partial charge in [0.2, 0.25) is 10.0 Å². The lowest BCUT2D eigenvalue weighted by Crippen LogP contribution is -2.26. The molecule has 5 nitrogen and oxygen atoms in total. The van der Waals surface area contributed by atoms with E-state index in [0.29, 0.717) is 16.5 Å². The van der Waals surface area contributed by atoms with Crippen molar-refractivity contribution in [2.24, 2.45) is 0 Å². The summed E-state index contributed by atoms with van der Waals surface area (Å²) in [7, 11) is -2.30. The first-order valence-electron chi connectivity index (χ1n) is 5.64. The van der Waals surface area contributed by atoms with E-state index in [2.05, 4.69) is 5.16 Å². The van der Waals surface area contributed by atoms with Gasteiger partial charge in [-0.25, -0.2) is 8.42 Å². The van der Waals surface area contributed by atoms with Gasteiger partial charge in [0, 0.05) is 18.1 Å². The molecular formula is C12H12Cl2N2O3S. The van der Waals surface area contributed by atoms with E-state index in [9.17, 15) is 8.42 Å². The lowest BCUT2D eigenvalue weighted by Gasteiger charge is -2.16. The standard InChI is InChI=1S/C12H12Cl2N2O3S/c1-8-5-10(15-19-8)7-16(2)20(17,18)12-6-9(13)3-4-11(12)14/h3-6H,7H2,1-2H3. The van der Waals surface area contributed by atoms with Gasteiger partial charge >= 0.3 is 0 Å². The molecule has 0 unspecified atom stereocenters. The van der Waals surface area contributed by atoms with Gasteiger partial charge in [-0.05, 0) is 25.1 Å². The smallest absolute Gasteiger partial charge is 0.244 e. The molecule has 0 aliphatic heterocycles. The van der Waals surface area contributed by atoms with Crippen molar-refractivity contribution in [2.45, 2.75) is 18.4 Å². The van der Waals surface area contributed by atoms with E-state index in [1.165, 1.54) is 25.2 Å². The van der Waals surface area contributed by atoms with Crippen molar-refractivity contribution in [3.63, 3.8) is 0 Å². The van der Waals surface area contributed by atoms with E-state index in [4.69, 9.17) is 27.7 Å². The quantitative estimate of drug-likeness (QED) is 0.861. The molecule has 0 bridgehead atoms. The monoisotopic (exact) mass is 334 g/mol. The average molecular weight is 335 g/mol. The predicted octanol–water partition coefficient (Wildman–Crippen LogP) is 3.11. The average Bonchev–Trinajstić information content (AvgIpc) is 2.77. The minimum atomic E-state index is -3.75. The summed E-state index contributed by atoms with van der Waals surface area (Å²) < 4.78 is 30.9. The first-order chi connectivity index (χ1) is 9.30. The van der Waals surface area contributed by atoms with Crippen LogP contribution in [0.25, 0.3) is 0 Å². The summed E-state index contributed by atoms with van der Waals surface area (Å²) in [5, 5.41) is 4.19. The second-order valence-corrected chi connectivity index (χ2v) is 7.12. The number of hydrogen-bond acceptors (Lipinski definition) is 4. The molecule has 0 amide bonds. The lowest BCUT2D eigenvalue weighted by molar-refractivity contribution is 0.378. The Morgan fingerprint density at radius 2 is 2.00 bits per heavy atom. The fraction of sp³-hybridized carbons (Fsp3) is 0.250. The minimum absolute atomic E-state index is 0.0330. The van der Waals surface area contributed by atoms with Crippen molar-refractivity contribution in [1.82, 2.24) is 9.46 Å². The van der Waals surface area contributed by atoms with Crippen LogP contribution in [0.1, 0.15) is 11.5 Å². The number of rotatable bonds is 4. The molecule has 0 atom stereocenters. The number of hydrogen-bond donors (Lipinski definition) is 0. The highest BCUT2D eigenvalue weighted by Gasteiger charge is 2.24. The Kier molecular flexibility index (Phi) is 4.39. The van der Waals surface area contributed by atoms with E-state index in [0.717, 1.165) is 4.31 Å². The van der Waals surface area contributed by atoms with E-state index in [1.54, 1.807) is 13.0 Å². The molecule has 108 valence electrons. The van der Waals surface area contributed by atoms with Crippen LogP contribution in [0, 0.1) is 6.92 Å². The van der Waals surface area contributed by atoms with Crippen LogP contribution < -0.4 is 0 Å². The minimum Gasteiger partial charge on any atom is -0.361 e. The lowest BCUT2D eigenvalue weighted by atomic mass is 10.4. The van der Waals surface area contributed by atoms with Gasteiger partial charge in [-0.1, -0.05) is 28.4 Å². The molecular weight excluding hydrogens is 323 g/mol. The van der Waals surface area contributed by atoms with Crippen LogP contribution in [0.2, 0.25) is 10.0 Å². The third-order valence-electron chi connectivity index (χ3n) is 2.64. The van der Waals surface area contributed by atoms with E-state index < -0.39 is 10.0 Å². The fourth-order valence-electron chi connectivity index (χ4n) is 1.65. The molecule has 0 aliphatic rings. The molecule has 0 saturated heterocycles. The van der Waals surface area contributed by atoms with Gasteiger partial charge in [0.15, 0.2) is 0 Å². The Bertz CT molecular complexity index is 728. The first kappa shape index (κ1) is 15.3. The van der Waals surface area contributed by atoms with Crippen molar-refractivity contribution in [2.75, 3.05) is 7.05 Å². The molecule has 1 aromatic heterocycles. The normalized spacial score (nSPS) is 12.1. The van der Waals surface area contributed by atoms with Crippen LogP contribution in [-0.2, 0) is 16.6 Å². The Morgan fingerprint density at radius 3 is 2.60 bits per heavy atom. The first-order valence-corrected chi connectivity index (χ1v) is 7.84. The molecule has 0 saturated carbocycles. The van der Waals surface area contributed by atoms with Gasteiger partial charge in [-0.15, -0.1) is 0 Å². The molecule has 1 aromatic carbocycles. The highest BCUT2D eigenvalue weighted by Crippen LogP contribution is 2.27.